The number of carboxylic acids is 1. The van der Waals surface area contributed by atoms with E-state index in [0.717, 1.165) is 0 Å². The predicted molar refractivity (Wildman–Crippen MR) is 52.9 cm³/mol. The molecule has 0 spiro atoms. The van der Waals surface area contributed by atoms with Gasteiger partial charge in [0.15, 0.2) is 11.5 Å². The number of carbonyl (C=O) groups is 1. The van der Waals surface area contributed by atoms with Crippen LogP contribution >= 0.6 is 0 Å². The average molecular weight is 303 g/mol. The molecule has 0 bridgehead atoms. The Morgan fingerprint density at radius 1 is 1.15 bits per heavy atom. The Morgan fingerprint density at radius 2 is 1.75 bits per heavy atom. The summed E-state index contributed by atoms with van der Waals surface area (Å²) in [6.45, 7) is -2.74. The van der Waals surface area contributed by atoms with Gasteiger partial charge in [0.05, 0.1) is 0 Å². The van der Waals surface area contributed by atoms with E-state index in [2.05, 4.69) is 10.2 Å². The molecular weight excluding hydrogens is 296 g/mol. The van der Waals surface area contributed by atoms with Crippen LogP contribution in [0.25, 0.3) is 0 Å². The summed E-state index contributed by atoms with van der Waals surface area (Å²) in [5, 5.41) is 14.2. The maximum absolute atomic E-state index is 12.2. The van der Waals surface area contributed by atoms with Crippen molar-refractivity contribution in [2.45, 2.75) is 12.4 Å². The highest BCUT2D eigenvalue weighted by Gasteiger charge is 2.35. The molecule has 0 atom stereocenters. The fourth-order valence-corrected chi connectivity index (χ4v) is 1.24. The van der Waals surface area contributed by atoms with Crippen LogP contribution in [0.5, 0.6) is 0 Å². The molecule has 0 unspecified atom stereocenters. The van der Waals surface area contributed by atoms with Gasteiger partial charge < -0.3 is 10.0 Å². The van der Waals surface area contributed by atoms with Crippen molar-refractivity contribution >= 4 is 11.8 Å². The number of aromatic nitrogens is 2. The van der Waals surface area contributed by atoms with Crippen LogP contribution < -0.4 is 4.90 Å². The third kappa shape index (κ3) is 4.90. The van der Waals surface area contributed by atoms with E-state index in [9.17, 15) is 31.1 Å². The molecule has 0 amide bonds. The van der Waals surface area contributed by atoms with Crippen molar-refractivity contribution < 1.29 is 36.2 Å². The van der Waals surface area contributed by atoms with Gasteiger partial charge in [0, 0.05) is 0 Å². The largest absolute Gasteiger partial charge is 0.480 e. The monoisotopic (exact) mass is 303 g/mol. The van der Waals surface area contributed by atoms with E-state index in [1.807, 2.05) is 0 Å². The quantitative estimate of drug-likeness (QED) is 0.861. The second-order valence-corrected chi connectivity index (χ2v) is 3.64. The third-order valence-corrected chi connectivity index (χ3v) is 1.96. The zero-order valence-corrected chi connectivity index (χ0v) is 9.53. The lowest BCUT2D eigenvalue weighted by Crippen LogP contribution is -2.38. The second-order valence-electron chi connectivity index (χ2n) is 3.64. The average Bonchev–Trinajstić information content (AvgIpc) is 2.24. The van der Waals surface area contributed by atoms with E-state index in [0.29, 0.717) is 12.1 Å². The van der Waals surface area contributed by atoms with E-state index >= 15 is 0 Å². The summed E-state index contributed by atoms with van der Waals surface area (Å²) in [5.41, 5.74) is -1.39. The molecule has 11 heteroatoms. The molecule has 0 aliphatic rings. The Morgan fingerprint density at radius 3 is 2.10 bits per heavy atom. The fraction of sp³-hybridized carbons (Fsp3) is 0.444. The smallest absolute Gasteiger partial charge is 0.435 e. The van der Waals surface area contributed by atoms with Crippen LogP contribution in [-0.4, -0.2) is 40.5 Å². The Labute approximate surface area is 107 Å². The lowest BCUT2D eigenvalue weighted by molar-refractivity contribution is -0.142. The van der Waals surface area contributed by atoms with Crippen molar-refractivity contribution in [2.75, 3.05) is 18.0 Å². The van der Waals surface area contributed by atoms with Crippen LogP contribution in [0.2, 0.25) is 0 Å². The lowest BCUT2D eigenvalue weighted by Gasteiger charge is -2.22. The Kier molecular flexibility index (Phi) is 4.40. The first-order chi connectivity index (χ1) is 8.99. The Hall–Kier alpha value is -2.07. The van der Waals surface area contributed by atoms with E-state index in [4.69, 9.17) is 5.11 Å². The number of nitrogens with zero attached hydrogens (tertiary/aromatic N) is 3. The molecule has 1 aromatic rings. The van der Waals surface area contributed by atoms with Crippen LogP contribution in [0.4, 0.5) is 32.2 Å². The van der Waals surface area contributed by atoms with E-state index in [1.165, 1.54) is 0 Å². The maximum Gasteiger partial charge on any atom is 0.435 e. The Bertz CT molecular complexity index is 470. The molecule has 0 aliphatic heterocycles. The standard InChI is InChI=1S/C9H7F6N3O2/c10-8(11,12)4-18(3-7(19)20)6-2-1-5(16-17-6)9(13,14)15/h1-2H,3-4H2,(H,19,20). The van der Waals surface area contributed by atoms with Crippen molar-refractivity contribution in [3.63, 3.8) is 0 Å². The highest BCUT2D eigenvalue weighted by Crippen LogP contribution is 2.28. The van der Waals surface area contributed by atoms with Gasteiger partial charge in [-0.15, -0.1) is 10.2 Å². The van der Waals surface area contributed by atoms with E-state index in [-0.39, 0.29) is 4.90 Å². The number of carboxylic acid groups (broad SMARTS) is 1. The van der Waals surface area contributed by atoms with Crippen LogP contribution in [0.15, 0.2) is 12.1 Å². The molecule has 112 valence electrons. The molecule has 0 aromatic carbocycles. The molecule has 0 saturated carbocycles. The Balaban J connectivity index is 2.99. The van der Waals surface area contributed by atoms with Crippen molar-refractivity contribution in [3.8, 4) is 0 Å². The number of alkyl halides is 6. The number of rotatable bonds is 4. The summed E-state index contributed by atoms with van der Waals surface area (Å²) in [6.07, 6.45) is -9.52. The van der Waals surface area contributed by atoms with Gasteiger partial charge in [-0.25, -0.2) is 0 Å². The van der Waals surface area contributed by atoms with E-state index in [1.54, 1.807) is 0 Å². The summed E-state index contributed by atoms with van der Waals surface area (Å²) in [6, 6.07) is 1.05. The molecular formula is C9H7F6N3O2. The molecule has 1 heterocycles. The number of hydrogen-bond donors (Lipinski definition) is 1. The predicted octanol–water partition coefficient (Wildman–Crippen LogP) is 1.95. The van der Waals surface area contributed by atoms with Crippen molar-refractivity contribution in [1.29, 1.82) is 0 Å². The van der Waals surface area contributed by atoms with Gasteiger partial charge in [-0.1, -0.05) is 0 Å². The van der Waals surface area contributed by atoms with Gasteiger partial charge in [0.2, 0.25) is 0 Å². The van der Waals surface area contributed by atoms with Crippen LogP contribution in [-0.2, 0) is 11.0 Å². The molecule has 0 aliphatic carbocycles. The van der Waals surface area contributed by atoms with Gasteiger partial charge in [-0.3, -0.25) is 4.79 Å². The summed E-state index contributed by atoms with van der Waals surface area (Å²) in [7, 11) is 0. The van der Waals surface area contributed by atoms with Gasteiger partial charge in [0.25, 0.3) is 0 Å². The minimum Gasteiger partial charge on any atom is -0.480 e. The van der Waals surface area contributed by atoms with Crippen molar-refractivity contribution in [3.05, 3.63) is 17.8 Å². The SMILES string of the molecule is O=C(O)CN(CC(F)(F)F)c1ccc(C(F)(F)F)nn1. The second kappa shape index (κ2) is 5.51. The van der Waals surface area contributed by atoms with Crippen molar-refractivity contribution in [1.82, 2.24) is 10.2 Å². The van der Waals surface area contributed by atoms with Gasteiger partial charge in [0.1, 0.15) is 13.1 Å². The molecule has 0 saturated heterocycles. The minimum absolute atomic E-state index is 0.259. The van der Waals surface area contributed by atoms with Crippen LogP contribution in [0.1, 0.15) is 5.69 Å². The minimum atomic E-state index is -4.78. The topological polar surface area (TPSA) is 66.3 Å². The van der Waals surface area contributed by atoms with Gasteiger partial charge in [-0.05, 0) is 12.1 Å². The summed E-state index contributed by atoms with van der Waals surface area (Å²) < 4.78 is 73.4. The van der Waals surface area contributed by atoms with Crippen LogP contribution in [0, 0.1) is 0 Å². The van der Waals surface area contributed by atoms with Gasteiger partial charge in [-0.2, -0.15) is 26.3 Å². The molecule has 1 rings (SSSR count). The van der Waals surface area contributed by atoms with E-state index < -0.39 is 42.9 Å². The molecule has 5 nitrogen and oxygen atoms in total. The highest BCUT2D eigenvalue weighted by atomic mass is 19.4. The zero-order valence-electron chi connectivity index (χ0n) is 9.53. The fourth-order valence-electron chi connectivity index (χ4n) is 1.24. The first kappa shape index (κ1) is 16.0. The highest BCUT2D eigenvalue weighted by molar-refractivity contribution is 5.73. The lowest BCUT2D eigenvalue weighted by atomic mass is 10.3. The number of anilines is 1. The normalized spacial score (nSPS) is 12.3. The summed E-state index contributed by atoms with van der Waals surface area (Å²) in [5.74, 6) is -2.20. The van der Waals surface area contributed by atoms with Gasteiger partial charge >= 0.3 is 18.3 Å². The molecule has 0 radical (unpaired) electrons. The van der Waals surface area contributed by atoms with Crippen LogP contribution in [0.3, 0.4) is 0 Å². The summed E-state index contributed by atoms with van der Waals surface area (Å²) in [4.78, 5) is 10.7. The molecule has 1 N–H and O–H groups in total. The number of hydrogen-bond acceptors (Lipinski definition) is 4. The van der Waals surface area contributed by atoms with Crippen molar-refractivity contribution in [2.24, 2.45) is 0 Å². The first-order valence-electron chi connectivity index (χ1n) is 4.93. The molecule has 0 fully saturated rings. The summed E-state index contributed by atoms with van der Waals surface area (Å²) >= 11 is 0. The molecule has 20 heavy (non-hydrogen) atoms. The first-order valence-corrected chi connectivity index (χ1v) is 4.93. The zero-order chi connectivity index (χ0) is 15.6. The number of aliphatic carboxylic acids is 1. The maximum atomic E-state index is 12.2. The third-order valence-electron chi connectivity index (χ3n) is 1.96. The molecule has 1 aromatic heterocycles. The number of halogens is 6.